The third-order valence-electron chi connectivity index (χ3n) is 9.96. The first-order valence-electron chi connectivity index (χ1n) is 16.2. The summed E-state index contributed by atoms with van der Waals surface area (Å²) in [4.78, 5) is 14.7. The molecule has 1 aliphatic carbocycles. The van der Waals surface area contributed by atoms with Crippen molar-refractivity contribution in [3.05, 3.63) is 180 Å². The second-order valence-electron chi connectivity index (χ2n) is 12.4. The summed E-state index contributed by atoms with van der Waals surface area (Å²) in [6.45, 7) is 0.684. The fraction of sp³-hybridized carbons (Fsp3) is 0.0465. The molecule has 0 amide bonds. The minimum absolute atomic E-state index is 0.524. The number of para-hydroxylation sites is 1. The Labute approximate surface area is 278 Å². The molecule has 2 aromatic heterocycles. The monoisotopic (exact) mass is 616 g/mol. The molecule has 5 aromatic carbocycles. The highest BCUT2D eigenvalue weighted by Gasteiger charge is 2.52. The number of nitrogens with one attached hydrogen (secondary N) is 1. The van der Waals surface area contributed by atoms with Crippen LogP contribution in [0, 0.1) is 0 Å². The summed E-state index contributed by atoms with van der Waals surface area (Å²) in [6.07, 6.45) is 7.81. The molecule has 4 heterocycles. The number of allylic oxidation sites excluding steroid dienone is 1. The Hall–Kier alpha value is -6.33. The Morgan fingerprint density at radius 2 is 1.40 bits per heavy atom. The second kappa shape index (κ2) is 10.3. The number of hydrogen-bond donors (Lipinski definition) is 1. The molecule has 226 valence electrons. The fourth-order valence-corrected chi connectivity index (χ4v) is 7.84. The van der Waals surface area contributed by atoms with E-state index in [1.165, 1.54) is 27.8 Å². The van der Waals surface area contributed by atoms with E-state index in [-0.39, 0.29) is 0 Å². The SMILES string of the molecule is C1=CC2=C(CN1)C1(c3cnccc3O2)c2ccccc2-c2ccc(-c3ccc(-c4nc(-c5ccccc5)c5ccccc5n4)cc3)cc21. The lowest BCUT2D eigenvalue weighted by molar-refractivity contribution is 0.389. The maximum absolute atomic E-state index is 6.49. The third kappa shape index (κ3) is 3.82. The zero-order valence-electron chi connectivity index (χ0n) is 25.9. The van der Waals surface area contributed by atoms with Gasteiger partial charge in [0.2, 0.25) is 0 Å². The van der Waals surface area contributed by atoms with Crippen LogP contribution in [0.4, 0.5) is 0 Å². The van der Waals surface area contributed by atoms with Crippen LogP contribution < -0.4 is 10.1 Å². The van der Waals surface area contributed by atoms with Gasteiger partial charge in [0.15, 0.2) is 5.82 Å². The topological polar surface area (TPSA) is 59.9 Å². The van der Waals surface area contributed by atoms with E-state index >= 15 is 0 Å². The number of pyridine rings is 1. The van der Waals surface area contributed by atoms with Gasteiger partial charge in [0.1, 0.15) is 11.5 Å². The molecule has 0 bridgehead atoms. The molecule has 5 nitrogen and oxygen atoms in total. The summed E-state index contributed by atoms with van der Waals surface area (Å²) >= 11 is 0. The van der Waals surface area contributed by atoms with Gasteiger partial charge in [-0.15, -0.1) is 0 Å². The standard InChI is InChI=1S/C43H28N4O/c1-2-8-28(9-3-1)41-33-11-5-7-13-38(33)46-42(47-41)29-16-14-27(15-17-29)30-18-19-32-31-10-4-6-12-34(31)43(35(32)24-30)36-25-44-22-20-39(36)48-40-21-23-45-26-37(40)43/h1-25,45H,26H2. The van der Waals surface area contributed by atoms with Crippen LogP contribution in [-0.2, 0) is 5.41 Å². The van der Waals surface area contributed by atoms with Crippen LogP contribution >= 0.6 is 0 Å². The first-order chi connectivity index (χ1) is 23.8. The van der Waals surface area contributed by atoms with Crippen molar-refractivity contribution in [1.82, 2.24) is 20.3 Å². The first kappa shape index (κ1) is 26.8. The molecule has 1 unspecified atom stereocenters. The van der Waals surface area contributed by atoms with Gasteiger partial charge in [-0.3, -0.25) is 4.98 Å². The largest absolute Gasteiger partial charge is 0.457 e. The summed E-state index contributed by atoms with van der Waals surface area (Å²) in [5.74, 6) is 2.46. The first-order valence-corrected chi connectivity index (χ1v) is 16.2. The van der Waals surface area contributed by atoms with E-state index in [1.807, 2.05) is 61.1 Å². The van der Waals surface area contributed by atoms with Crippen molar-refractivity contribution in [1.29, 1.82) is 0 Å². The molecular formula is C43H28N4O. The Morgan fingerprint density at radius 3 is 2.31 bits per heavy atom. The number of dihydropyridines is 1. The van der Waals surface area contributed by atoms with Gasteiger partial charge in [0.25, 0.3) is 0 Å². The van der Waals surface area contributed by atoms with Gasteiger partial charge in [0.05, 0.1) is 16.6 Å². The van der Waals surface area contributed by atoms with E-state index in [1.54, 1.807) is 0 Å². The van der Waals surface area contributed by atoms with Gasteiger partial charge < -0.3 is 10.1 Å². The van der Waals surface area contributed by atoms with Crippen LogP contribution in [0.1, 0.15) is 16.7 Å². The third-order valence-corrected chi connectivity index (χ3v) is 9.96. The molecule has 48 heavy (non-hydrogen) atoms. The van der Waals surface area contributed by atoms with Crippen molar-refractivity contribution in [2.75, 3.05) is 6.54 Å². The summed E-state index contributed by atoms with van der Waals surface area (Å²) < 4.78 is 6.49. The quantitative estimate of drug-likeness (QED) is 0.215. The molecule has 5 heteroatoms. The van der Waals surface area contributed by atoms with Gasteiger partial charge in [-0.25, -0.2) is 9.97 Å². The van der Waals surface area contributed by atoms with Crippen LogP contribution in [0.3, 0.4) is 0 Å². The number of fused-ring (bicyclic) bond motifs is 9. The highest BCUT2D eigenvalue weighted by atomic mass is 16.5. The van der Waals surface area contributed by atoms with Crippen LogP contribution in [0.2, 0.25) is 0 Å². The van der Waals surface area contributed by atoms with E-state index in [0.29, 0.717) is 12.4 Å². The van der Waals surface area contributed by atoms with Gasteiger partial charge in [-0.1, -0.05) is 109 Å². The molecule has 0 radical (unpaired) electrons. The molecule has 0 saturated heterocycles. The molecule has 2 aliphatic heterocycles. The number of rotatable bonds is 3. The number of hydrogen-bond acceptors (Lipinski definition) is 5. The van der Waals surface area contributed by atoms with Crippen molar-refractivity contribution >= 4 is 10.9 Å². The van der Waals surface area contributed by atoms with Crippen LogP contribution in [0.15, 0.2) is 163 Å². The van der Waals surface area contributed by atoms with Crippen molar-refractivity contribution in [2.45, 2.75) is 5.41 Å². The Morgan fingerprint density at radius 1 is 0.625 bits per heavy atom. The number of benzene rings is 5. The molecule has 0 fully saturated rings. The maximum Gasteiger partial charge on any atom is 0.160 e. The second-order valence-corrected chi connectivity index (χ2v) is 12.4. The zero-order chi connectivity index (χ0) is 31.7. The van der Waals surface area contributed by atoms with Crippen LogP contribution in [-0.4, -0.2) is 21.5 Å². The lowest BCUT2D eigenvalue weighted by Gasteiger charge is -2.41. The highest BCUT2D eigenvalue weighted by molar-refractivity contribution is 5.94. The van der Waals surface area contributed by atoms with E-state index < -0.39 is 5.41 Å². The van der Waals surface area contributed by atoms with Crippen LogP contribution in [0.25, 0.3) is 55.8 Å². The Kier molecular flexibility index (Phi) is 5.78. The number of ether oxygens (including phenoxy) is 1. The lowest BCUT2D eigenvalue weighted by atomic mass is 9.65. The van der Waals surface area contributed by atoms with E-state index in [9.17, 15) is 0 Å². The highest BCUT2D eigenvalue weighted by Crippen LogP contribution is 2.60. The van der Waals surface area contributed by atoms with Gasteiger partial charge in [-0.05, 0) is 57.7 Å². The zero-order valence-corrected chi connectivity index (χ0v) is 25.9. The molecular weight excluding hydrogens is 589 g/mol. The molecule has 1 N–H and O–H groups in total. The Balaban J connectivity index is 1.12. The smallest absolute Gasteiger partial charge is 0.160 e. The van der Waals surface area contributed by atoms with Crippen molar-refractivity contribution in [2.24, 2.45) is 0 Å². The molecule has 10 rings (SSSR count). The predicted octanol–water partition coefficient (Wildman–Crippen LogP) is 9.10. The molecule has 0 saturated carbocycles. The number of nitrogens with zero attached hydrogens (tertiary/aromatic N) is 3. The van der Waals surface area contributed by atoms with Crippen molar-refractivity contribution in [3.8, 4) is 50.6 Å². The van der Waals surface area contributed by atoms with Crippen molar-refractivity contribution < 1.29 is 4.74 Å². The summed E-state index contributed by atoms with van der Waals surface area (Å²) in [5.41, 5.74) is 12.9. The maximum atomic E-state index is 6.49. The van der Waals surface area contributed by atoms with E-state index in [2.05, 4.69) is 101 Å². The normalized spacial score (nSPS) is 16.9. The average molecular weight is 617 g/mol. The van der Waals surface area contributed by atoms with Crippen molar-refractivity contribution in [3.63, 3.8) is 0 Å². The van der Waals surface area contributed by atoms with E-state index in [4.69, 9.17) is 14.7 Å². The summed E-state index contributed by atoms with van der Waals surface area (Å²) in [5, 5.41) is 4.52. The van der Waals surface area contributed by atoms with Gasteiger partial charge in [0, 0.05) is 52.8 Å². The molecule has 7 aromatic rings. The Bertz CT molecular complexity index is 2480. The minimum Gasteiger partial charge on any atom is -0.457 e. The van der Waals surface area contributed by atoms with Gasteiger partial charge >= 0.3 is 0 Å². The average Bonchev–Trinajstić information content (AvgIpc) is 3.45. The predicted molar refractivity (Wildman–Crippen MR) is 190 cm³/mol. The molecule has 1 spiro atoms. The lowest BCUT2D eigenvalue weighted by Crippen LogP contribution is -2.39. The van der Waals surface area contributed by atoms with E-state index in [0.717, 1.165) is 55.9 Å². The fourth-order valence-electron chi connectivity index (χ4n) is 7.84. The van der Waals surface area contributed by atoms with Gasteiger partial charge in [-0.2, -0.15) is 0 Å². The molecule has 3 aliphatic rings. The molecule has 1 atom stereocenters. The minimum atomic E-state index is -0.524. The summed E-state index contributed by atoms with van der Waals surface area (Å²) in [6, 6.07) is 44.8. The summed E-state index contributed by atoms with van der Waals surface area (Å²) in [7, 11) is 0. The number of aromatic nitrogens is 3. The van der Waals surface area contributed by atoms with Crippen LogP contribution in [0.5, 0.6) is 5.75 Å².